The van der Waals surface area contributed by atoms with Gasteiger partial charge in [-0.15, -0.1) is 0 Å². The standard InChI is InChI=1S/C13H19NO2/c15-10-13(6-1-2-7-13)14-9-11-4-3-5-12(16)8-11/h3-5,8,14-16H,1-2,6-7,9-10H2. The van der Waals surface area contributed by atoms with Crippen molar-refractivity contribution in [1.29, 1.82) is 0 Å². The second-order valence-corrected chi connectivity index (χ2v) is 4.67. The Kier molecular flexibility index (Phi) is 3.46. The van der Waals surface area contributed by atoms with E-state index < -0.39 is 0 Å². The topological polar surface area (TPSA) is 52.5 Å². The van der Waals surface area contributed by atoms with Gasteiger partial charge < -0.3 is 15.5 Å². The number of hydrogen-bond acceptors (Lipinski definition) is 3. The molecule has 0 heterocycles. The van der Waals surface area contributed by atoms with Crippen molar-refractivity contribution in [3.05, 3.63) is 29.8 Å². The molecule has 0 amide bonds. The lowest BCUT2D eigenvalue weighted by molar-refractivity contribution is 0.163. The van der Waals surface area contributed by atoms with Gasteiger partial charge >= 0.3 is 0 Å². The number of aromatic hydroxyl groups is 1. The molecule has 16 heavy (non-hydrogen) atoms. The van der Waals surface area contributed by atoms with Crippen molar-refractivity contribution in [2.75, 3.05) is 6.61 Å². The van der Waals surface area contributed by atoms with Gasteiger partial charge in [0.1, 0.15) is 5.75 Å². The maximum absolute atomic E-state index is 9.44. The molecule has 2 rings (SSSR count). The smallest absolute Gasteiger partial charge is 0.115 e. The van der Waals surface area contributed by atoms with Gasteiger partial charge in [-0.25, -0.2) is 0 Å². The molecule has 0 spiro atoms. The predicted octanol–water partition coefficient (Wildman–Crippen LogP) is 1.79. The minimum atomic E-state index is -0.0918. The normalized spacial score (nSPS) is 18.8. The molecule has 0 atom stereocenters. The maximum atomic E-state index is 9.44. The maximum Gasteiger partial charge on any atom is 0.115 e. The van der Waals surface area contributed by atoms with E-state index >= 15 is 0 Å². The van der Waals surface area contributed by atoms with Crippen molar-refractivity contribution in [2.45, 2.75) is 37.8 Å². The van der Waals surface area contributed by atoms with E-state index in [1.54, 1.807) is 12.1 Å². The summed E-state index contributed by atoms with van der Waals surface area (Å²) in [4.78, 5) is 0. The van der Waals surface area contributed by atoms with Crippen molar-refractivity contribution in [3.8, 4) is 5.75 Å². The minimum Gasteiger partial charge on any atom is -0.508 e. The van der Waals surface area contributed by atoms with Crippen LogP contribution in [-0.2, 0) is 6.54 Å². The molecule has 1 aliphatic carbocycles. The zero-order chi connectivity index (χ0) is 11.4. The van der Waals surface area contributed by atoms with Crippen molar-refractivity contribution in [3.63, 3.8) is 0 Å². The molecule has 1 aromatic rings. The molecular formula is C13H19NO2. The Labute approximate surface area is 96.1 Å². The molecular weight excluding hydrogens is 202 g/mol. The highest BCUT2D eigenvalue weighted by Crippen LogP contribution is 2.29. The highest BCUT2D eigenvalue weighted by molar-refractivity contribution is 5.27. The van der Waals surface area contributed by atoms with Gasteiger partial charge in [-0.2, -0.15) is 0 Å². The summed E-state index contributed by atoms with van der Waals surface area (Å²) in [6.07, 6.45) is 4.46. The van der Waals surface area contributed by atoms with E-state index in [1.165, 1.54) is 12.8 Å². The summed E-state index contributed by atoms with van der Waals surface area (Å²) in [5.41, 5.74) is 0.963. The van der Waals surface area contributed by atoms with E-state index in [2.05, 4.69) is 5.32 Å². The first-order chi connectivity index (χ1) is 7.74. The zero-order valence-corrected chi connectivity index (χ0v) is 9.45. The van der Waals surface area contributed by atoms with Crippen molar-refractivity contribution < 1.29 is 10.2 Å². The van der Waals surface area contributed by atoms with Gasteiger partial charge in [0.2, 0.25) is 0 Å². The molecule has 3 N–H and O–H groups in total. The van der Waals surface area contributed by atoms with Gasteiger partial charge in [-0.3, -0.25) is 0 Å². The Morgan fingerprint density at radius 2 is 2.00 bits per heavy atom. The van der Waals surface area contributed by atoms with Crippen LogP contribution in [-0.4, -0.2) is 22.4 Å². The number of nitrogens with one attached hydrogen (secondary N) is 1. The average molecular weight is 221 g/mol. The van der Waals surface area contributed by atoms with Gasteiger partial charge in [-0.1, -0.05) is 25.0 Å². The van der Waals surface area contributed by atoms with Gasteiger partial charge in [-0.05, 0) is 30.5 Å². The Morgan fingerprint density at radius 3 is 2.62 bits per heavy atom. The van der Waals surface area contributed by atoms with Crippen LogP contribution in [0.3, 0.4) is 0 Å². The molecule has 0 unspecified atom stereocenters. The SMILES string of the molecule is OCC1(NCc2cccc(O)c2)CCCC1. The third-order valence-electron chi connectivity index (χ3n) is 3.44. The summed E-state index contributed by atoms with van der Waals surface area (Å²) >= 11 is 0. The Morgan fingerprint density at radius 1 is 1.25 bits per heavy atom. The summed E-state index contributed by atoms with van der Waals surface area (Å²) in [5, 5.41) is 22.2. The summed E-state index contributed by atoms with van der Waals surface area (Å²) < 4.78 is 0. The molecule has 0 radical (unpaired) electrons. The first kappa shape index (κ1) is 11.4. The number of benzene rings is 1. The molecule has 0 aromatic heterocycles. The van der Waals surface area contributed by atoms with Gasteiger partial charge in [0.25, 0.3) is 0 Å². The van der Waals surface area contributed by atoms with Crippen LogP contribution in [0, 0.1) is 0 Å². The highest BCUT2D eigenvalue weighted by Gasteiger charge is 2.32. The van der Waals surface area contributed by atoms with Crippen LogP contribution in [0.5, 0.6) is 5.75 Å². The Bertz CT molecular complexity index is 346. The summed E-state index contributed by atoms with van der Waals surface area (Å²) in [7, 11) is 0. The van der Waals surface area contributed by atoms with E-state index in [9.17, 15) is 10.2 Å². The number of phenolic OH excluding ortho intramolecular Hbond substituents is 1. The molecule has 0 bridgehead atoms. The number of hydrogen-bond donors (Lipinski definition) is 3. The van der Waals surface area contributed by atoms with Gasteiger partial charge in [0.15, 0.2) is 0 Å². The Balaban J connectivity index is 1.95. The van der Waals surface area contributed by atoms with Gasteiger partial charge in [0, 0.05) is 12.1 Å². The zero-order valence-electron chi connectivity index (χ0n) is 9.45. The lowest BCUT2D eigenvalue weighted by atomic mass is 9.98. The Hall–Kier alpha value is -1.06. The van der Waals surface area contributed by atoms with E-state index in [1.807, 2.05) is 12.1 Å². The predicted molar refractivity (Wildman–Crippen MR) is 63.2 cm³/mol. The summed E-state index contributed by atoms with van der Waals surface area (Å²) in [6, 6.07) is 7.24. The number of phenols is 1. The van der Waals surface area contributed by atoms with Crippen LogP contribution >= 0.6 is 0 Å². The van der Waals surface area contributed by atoms with E-state index in [0.29, 0.717) is 12.3 Å². The molecule has 1 saturated carbocycles. The fourth-order valence-corrected chi connectivity index (χ4v) is 2.40. The average Bonchev–Trinajstić information content (AvgIpc) is 2.76. The monoisotopic (exact) mass is 221 g/mol. The lowest BCUT2D eigenvalue weighted by Gasteiger charge is -2.28. The molecule has 0 saturated heterocycles. The number of aliphatic hydroxyl groups is 1. The summed E-state index contributed by atoms with van der Waals surface area (Å²) in [5.74, 6) is 0.295. The second kappa shape index (κ2) is 4.85. The first-order valence-electron chi connectivity index (χ1n) is 5.88. The largest absolute Gasteiger partial charge is 0.508 e. The third kappa shape index (κ3) is 2.54. The minimum absolute atomic E-state index is 0.0918. The highest BCUT2D eigenvalue weighted by atomic mass is 16.3. The van der Waals surface area contributed by atoms with E-state index in [4.69, 9.17) is 0 Å². The molecule has 3 heteroatoms. The van der Waals surface area contributed by atoms with Gasteiger partial charge in [0.05, 0.1) is 6.61 Å². The molecule has 3 nitrogen and oxygen atoms in total. The van der Waals surface area contributed by atoms with Crippen LogP contribution < -0.4 is 5.32 Å². The molecule has 1 aromatic carbocycles. The van der Waals surface area contributed by atoms with Crippen LogP contribution in [0.15, 0.2) is 24.3 Å². The fraction of sp³-hybridized carbons (Fsp3) is 0.538. The van der Waals surface area contributed by atoms with E-state index in [0.717, 1.165) is 18.4 Å². The fourth-order valence-electron chi connectivity index (χ4n) is 2.40. The van der Waals surface area contributed by atoms with E-state index in [-0.39, 0.29) is 12.1 Å². The molecule has 1 fully saturated rings. The quantitative estimate of drug-likeness (QED) is 0.726. The molecule has 88 valence electrons. The van der Waals surface area contributed by atoms with Crippen molar-refractivity contribution in [1.82, 2.24) is 5.32 Å². The van der Waals surface area contributed by atoms with Crippen LogP contribution in [0.1, 0.15) is 31.2 Å². The third-order valence-corrected chi connectivity index (χ3v) is 3.44. The van der Waals surface area contributed by atoms with Crippen molar-refractivity contribution in [2.24, 2.45) is 0 Å². The lowest BCUT2D eigenvalue weighted by Crippen LogP contribution is -2.45. The van der Waals surface area contributed by atoms with Crippen LogP contribution in [0.25, 0.3) is 0 Å². The summed E-state index contributed by atoms with van der Waals surface area (Å²) in [6.45, 7) is 0.904. The molecule has 0 aliphatic heterocycles. The first-order valence-corrected chi connectivity index (χ1v) is 5.88. The van der Waals surface area contributed by atoms with Crippen molar-refractivity contribution >= 4 is 0 Å². The van der Waals surface area contributed by atoms with Crippen LogP contribution in [0.4, 0.5) is 0 Å². The molecule has 1 aliphatic rings. The van der Waals surface area contributed by atoms with Crippen LogP contribution in [0.2, 0.25) is 0 Å². The second-order valence-electron chi connectivity index (χ2n) is 4.67. The number of aliphatic hydroxyl groups excluding tert-OH is 1. The number of rotatable bonds is 4.